The summed E-state index contributed by atoms with van der Waals surface area (Å²) < 4.78 is 13.0. The van der Waals surface area contributed by atoms with Crippen LogP contribution in [0.15, 0.2) is 24.3 Å². The summed E-state index contributed by atoms with van der Waals surface area (Å²) in [5.41, 5.74) is 1.17. The molecule has 2 saturated heterocycles. The molecule has 2 heterocycles. The second-order valence-electron chi connectivity index (χ2n) is 4.44. The molecule has 1 N–H and O–H groups in total. The summed E-state index contributed by atoms with van der Waals surface area (Å²) >= 11 is 0. The number of halogens is 1. The Morgan fingerprint density at radius 1 is 1.29 bits per heavy atom. The van der Waals surface area contributed by atoms with Crippen molar-refractivity contribution >= 4 is 0 Å². The molecule has 2 heteroatoms. The average molecular weight is 191 g/mol. The second kappa shape index (κ2) is 3.06. The first kappa shape index (κ1) is 8.42. The molecule has 1 aromatic carbocycles. The van der Waals surface area contributed by atoms with Crippen molar-refractivity contribution in [1.82, 2.24) is 5.32 Å². The molecule has 0 spiro atoms. The van der Waals surface area contributed by atoms with E-state index >= 15 is 0 Å². The van der Waals surface area contributed by atoms with E-state index in [1.165, 1.54) is 30.9 Å². The van der Waals surface area contributed by atoms with Gasteiger partial charge in [0, 0.05) is 18.0 Å². The molecule has 0 aliphatic carbocycles. The maximum atomic E-state index is 13.0. The van der Waals surface area contributed by atoms with E-state index in [2.05, 4.69) is 11.4 Å². The van der Waals surface area contributed by atoms with Gasteiger partial charge < -0.3 is 5.32 Å². The molecule has 74 valence electrons. The lowest BCUT2D eigenvalue weighted by Crippen LogP contribution is -2.21. The summed E-state index contributed by atoms with van der Waals surface area (Å²) in [4.78, 5) is 0. The highest BCUT2D eigenvalue weighted by Gasteiger charge is 2.39. The van der Waals surface area contributed by atoms with E-state index in [1.54, 1.807) is 6.07 Å². The van der Waals surface area contributed by atoms with Gasteiger partial charge in [-0.3, -0.25) is 0 Å². The van der Waals surface area contributed by atoms with E-state index < -0.39 is 0 Å². The molecule has 3 rings (SSSR count). The van der Waals surface area contributed by atoms with Gasteiger partial charge in [-0.25, -0.2) is 4.39 Å². The topological polar surface area (TPSA) is 12.0 Å². The fourth-order valence-corrected chi connectivity index (χ4v) is 2.93. The molecule has 0 amide bonds. The summed E-state index contributed by atoms with van der Waals surface area (Å²) in [6, 6.07) is 8.36. The third kappa shape index (κ3) is 1.25. The highest BCUT2D eigenvalue weighted by molar-refractivity contribution is 5.25. The average Bonchev–Trinajstić information content (AvgIpc) is 2.78. The molecule has 0 saturated carbocycles. The number of hydrogen-bond donors (Lipinski definition) is 1. The minimum Gasteiger partial charge on any atom is -0.311 e. The van der Waals surface area contributed by atoms with Crippen molar-refractivity contribution in [2.75, 3.05) is 0 Å². The summed E-state index contributed by atoms with van der Waals surface area (Å²) in [7, 11) is 0. The Morgan fingerprint density at radius 3 is 2.86 bits per heavy atom. The molecule has 2 unspecified atom stereocenters. The van der Waals surface area contributed by atoms with Gasteiger partial charge in [-0.2, -0.15) is 0 Å². The fraction of sp³-hybridized carbons (Fsp3) is 0.500. The van der Waals surface area contributed by atoms with E-state index in [9.17, 15) is 4.39 Å². The lowest BCUT2D eigenvalue weighted by atomic mass is 9.84. The lowest BCUT2D eigenvalue weighted by molar-refractivity contribution is 0.503. The number of hydrogen-bond acceptors (Lipinski definition) is 1. The fourth-order valence-electron chi connectivity index (χ4n) is 2.93. The standard InChI is InChI=1S/C12H14FN/c13-9-3-1-2-8(6-9)11-7-10-4-5-12(11)14-10/h1-3,6,10-12,14H,4-5,7H2/t10?,11-,12?/m1/s1. The van der Waals surface area contributed by atoms with Gasteiger partial charge in [-0.15, -0.1) is 0 Å². The number of benzene rings is 1. The Bertz CT molecular complexity index is 350. The smallest absolute Gasteiger partial charge is 0.123 e. The van der Waals surface area contributed by atoms with Crippen LogP contribution in [0.5, 0.6) is 0 Å². The molecule has 0 aromatic heterocycles. The normalized spacial score (nSPS) is 35.1. The Morgan fingerprint density at radius 2 is 2.21 bits per heavy atom. The monoisotopic (exact) mass is 191 g/mol. The minimum absolute atomic E-state index is 0.106. The summed E-state index contributed by atoms with van der Waals surface area (Å²) in [5.74, 6) is 0.440. The molecule has 0 radical (unpaired) electrons. The first-order valence-electron chi connectivity index (χ1n) is 5.34. The van der Waals surface area contributed by atoms with Crippen molar-refractivity contribution in [3.8, 4) is 0 Å². The molecule has 2 aliphatic heterocycles. The van der Waals surface area contributed by atoms with Crippen LogP contribution in [0.25, 0.3) is 0 Å². The van der Waals surface area contributed by atoms with Crippen LogP contribution in [0.4, 0.5) is 4.39 Å². The maximum Gasteiger partial charge on any atom is 0.123 e. The van der Waals surface area contributed by atoms with Crippen LogP contribution >= 0.6 is 0 Å². The molecule has 1 nitrogen and oxygen atoms in total. The van der Waals surface area contributed by atoms with Crippen LogP contribution in [0.1, 0.15) is 30.7 Å². The van der Waals surface area contributed by atoms with Crippen molar-refractivity contribution in [1.29, 1.82) is 0 Å². The molecular formula is C12H14FN. The zero-order chi connectivity index (χ0) is 9.54. The molecular weight excluding hydrogens is 177 g/mol. The van der Waals surface area contributed by atoms with Crippen molar-refractivity contribution in [2.45, 2.75) is 37.3 Å². The predicted molar refractivity (Wildman–Crippen MR) is 53.7 cm³/mol. The van der Waals surface area contributed by atoms with Gasteiger partial charge in [0.05, 0.1) is 0 Å². The zero-order valence-corrected chi connectivity index (χ0v) is 8.04. The summed E-state index contributed by atoms with van der Waals surface area (Å²) in [6.45, 7) is 0. The third-order valence-corrected chi connectivity index (χ3v) is 3.58. The third-order valence-electron chi connectivity index (χ3n) is 3.58. The molecule has 2 bridgehead atoms. The number of nitrogens with one attached hydrogen (secondary N) is 1. The first-order chi connectivity index (χ1) is 6.83. The molecule has 3 atom stereocenters. The van der Waals surface area contributed by atoms with E-state index in [-0.39, 0.29) is 5.82 Å². The van der Waals surface area contributed by atoms with Crippen LogP contribution in [0.3, 0.4) is 0 Å². The highest BCUT2D eigenvalue weighted by Crippen LogP contribution is 2.39. The Hall–Kier alpha value is -0.890. The minimum atomic E-state index is -0.106. The number of fused-ring (bicyclic) bond motifs is 2. The zero-order valence-electron chi connectivity index (χ0n) is 8.04. The van der Waals surface area contributed by atoms with Gasteiger partial charge in [0.1, 0.15) is 5.82 Å². The van der Waals surface area contributed by atoms with Crippen LogP contribution in [0, 0.1) is 5.82 Å². The van der Waals surface area contributed by atoms with Gasteiger partial charge in [0.25, 0.3) is 0 Å². The van der Waals surface area contributed by atoms with Crippen molar-refractivity contribution in [3.05, 3.63) is 35.6 Å². The van der Waals surface area contributed by atoms with Crippen molar-refractivity contribution < 1.29 is 4.39 Å². The second-order valence-corrected chi connectivity index (χ2v) is 4.44. The Balaban J connectivity index is 1.89. The van der Waals surface area contributed by atoms with Gasteiger partial charge in [0.15, 0.2) is 0 Å². The van der Waals surface area contributed by atoms with Crippen molar-refractivity contribution in [3.63, 3.8) is 0 Å². The molecule has 14 heavy (non-hydrogen) atoms. The van der Waals surface area contributed by atoms with Gasteiger partial charge in [-0.05, 0) is 37.0 Å². The number of rotatable bonds is 1. The van der Waals surface area contributed by atoms with Crippen LogP contribution in [0.2, 0.25) is 0 Å². The molecule has 1 aromatic rings. The molecule has 2 fully saturated rings. The van der Waals surface area contributed by atoms with Gasteiger partial charge in [0.2, 0.25) is 0 Å². The van der Waals surface area contributed by atoms with Gasteiger partial charge >= 0.3 is 0 Å². The van der Waals surface area contributed by atoms with Gasteiger partial charge in [-0.1, -0.05) is 12.1 Å². The quantitative estimate of drug-likeness (QED) is 0.719. The van der Waals surface area contributed by atoms with E-state index in [0.717, 1.165) is 0 Å². The van der Waals surface area contributed by atoms with Crippen LogP contribution < -0.4 is 5.32 Å². The highest BCUT2D eigenvalue weighted by atomic mass is 19.1. The van der Waals surface area contributed by atoms with E-state index in [1.807, 2.05) is 6.07 Å². The Labute approximate surface area is 83.3 Å². The van der Waals surface area contributed by atoms with Crippen LogP contribution in [-0.2, 0) is 0 Å². The first-order valence-corrected chi connectivity index (χ1v) is 5.34. The SMILES string of the molecule is Fc1cccc([C@H]2CC3CCC2N3)c1. The lowest BCUT2D eigenvalue weighted by Gasteiger charge is -2.20. The van der Waals surface area contributed by atoms with Crippen molar-refractivity contribution in [2.24, 2.45) is 0 Å². The maximum absolute atomic E-state index is 13.0. The van der Waals surface area contributed by atoms with E-state index in [4.69, 9.17) is 0 Å². The Kier molecular flexibility index (Phi) is 1.84. The summed E-state index contributed by atoms with van der Waals surface area (Å²) in [5, 5.41) is 3.57. The van der Waals surface area contributed by atoms with Crippen LogP contribution in [-0.4, -0.2) is 12.1 Å². The van der Waals surface area contributed by atoms with E-state index in [0.29, 0.717) is 18.0 Å². The molecule has 2 aliphatic rings. The summed E-state index contributed by atoms with van der Waals surface area (Å²) in [6.07, 6.45) is 3.75. The predicted octanol–water partition coefficient (Wildman–Crippen LogP) is 2.43. The largest absolute Gasteiger partial charge is 0.311 e.